The molecule has 0 spiro atoms. The third-order valence-corrected chi connectivity index (χ3v) is 5.24. The van der Waals surface area contributed by atoms with Crippen LogP contribution in [0.15, 0.2) is 47.4 Å². The van der Waals surface area contributed by atoms with Crippen molar-refractivity contribution in [3.05, 3.63) is 69.3 Å². The van der Waals surface area contributed by atoms with Crippen LogP contribution in [0.5, 0.6) is 0 Å². The van der Waals surface area contributed by atoms with Crippen molar-refractivity contribution in [2.24, 2.45) is 0 Å². The highest BCUT2D eigenvalue weighted by Crippen LogP contribution is 2.32. The van der Waals surface area contributed by atoms with Crippen molar-refractivity contribution in [1.82, 2.24) is 4.90 Å². The highest BCUT2D eigenvalue weighted by Gasteiger charge is 2.36. The summed E-state index contributed by atoms with van der Waals surface area (Å²) < 4.78 is 17.6. The molecular weight excluding hydrogens is 435 g/mol. The monoisotopic (exact) mass is 448 g/mol. The first-order valence-electron chi connectivity index (χ1n) is 8.47. The van der Waals surface area contributed by atoms with Crippen LogP contribution in [-0.4, -0.2) is 41.6 Å². The van der Waals surface area contributed by atoms with Gasteiger partial charge in [0.2, 0.25) is 5.91 Å². The third-order valence-electron chi connectivity index (χ3n) is 4.00. The smallest absolute Gasteiger partial charge is 0.339 e. The van der Waals surface area contributed by atoms with Gasteiger partial charge in [-0.25, -0.2) is 9.18 Å². The molecule has 0 saturated carbocycles. The predicted molar refractivity (Wildman–Crippen MR) is 110 cm³/mol. The van der Waals surface area contributed by atoms with E-state index in [-0.39, 0.29) is 21.2 Å². The number of hydrogen-bond acceptors (Lipinski definition) is 6. The number of thioether (sulfide) groups is 1. The summed E-state index contributed by atoms with van der Waals surface area (Å²) >= 11 is 6.62. The maximum absolute atomic E-state index is 13.0. The number of halogens is 2. The van der Waals surface area contributed by atoms with Crippen LogP contribution in [0, 0.1) is 5.82 Å². The molecule has 0 bridgehead atoms. The molecule has 1 saturated heterocycles. The largest absolute Gasteiger partial charge is 0.465 e. The number of esters is 1. The fourth-order valence-corrected chi connectivity index (χ4v) is 3.59. The van der Waals surface area contributed by atoms with Gasteiger partial charge in [0.1, 0.15) is 12.4 Å². The lowest BCUT2D eigenvalue weighted by Crippen LogP contribution is -2.36. The minimum absolute atomic E-state index is 0.0605. The molecule has 1 aliphatic heterocycles. The highest BCUT2D eigenvalue weighted by molar-refractivity contribution is 8.18. The number of amides is 3. The van der Waals surface area contributed by atoms with E-state index in [1.807, 2.05) is 0 Å². The SMILES string of the molecule is COC(=O)c1cc(NC(=O)CN2C(=O)S/C(=C/c3ccc(F)cc3)C2=O)ccc1Cl. The molecule has 0 radical (unpaired) electrons. The fourth-order valence-electron chi connectivity index (χ4n) is 2.56. The van der Waals surface area contributed by atoms with Crippen molar-refractivity contribution in [3.63, 3.8) is 0 Å². The molecule has 2 aromatic carbocycles. The van der Waals surface area contributed by atoms with Gasteiger partial charge in [0.25, 0.3) is 11.1 Å². The Labute approximate surface area is 179 Å². The Hall–Kier alpha value is -3.17. The number of hydrogen-bond donors (Lipinski definition) is 1. The second kappa shape index (κ2) is 9.10. The molecule has 7 nitrogen and oxygen atoms in total. The molecule has 30 heavy (non-hydrogen) atoms. The van der Waals surface area contributed by atoms with E-state index in [1.54, 1.807) is 0 Å². The van der Waals surface area contributed by atoms with Crippen LogP contribution in [0.3, 0.4) is 0 Å². The number of anilines is 1. The van der Waals surface area contributed by atoms with Crippen LogP contribution in [-0.2, 0) is 14.3 Å². The molecule has 3 amide bonds. The molecule has 0 unspecified atom stereocenters. The topological polar surface area (TPSA) is 92.8 Å². The maximum Gasteiger partial charge on any atom is 0.339 e. The quantitative estimate of drug-likeness (QED) is 0.550. The van der Waals surface area contributed by atoms with E-state index in [1.165, 1.54) is 55.7 Å². The van der Waals surface area contributed by atoms with Crippen LogP contribution in [0.1, 0.15) is 15.9 Å². The van der Waals surface area contributed by atoms with Crippen molar-refractivity contribution >= 4 is 58.1 Å². The van der Waals surface area contributed by atoms with Gasteiger partial charge in [0.05, 0.1) is 22.6 Å². The molecule has 1 aliphatic rings. The van der Waals surface area contributed by atoms with Crippen molar-refractivity contribution in [1.29, 1.82) is 0 Å². The van der Waals surface area contributed by atoms with Crippen LogP contribution in [0.25, 0.3) is 6.08 Å². The lowest BCUT2D eigenvalue weighted by atomic mass is 10.2. The molecule has 1 fully saturated rings. The van der Waals surface area contributed by atoms with Crippen LogP contribution < -0.4 is 5.32 Å². The van der Waals surface area contributed by atoms with Crippen molar-refractivity contribution in [2.75, 3.05) is 19.0 Å². The van der Waals surface area contributed by atoms with E-state index in [4.69, 9.17) is 11.6 Å². The Morgan fingerprint density at radius 2 is 1.90 bits per heavy atom. The second-order valence-corrected chi connectivity index (χ2v) is 7.45. The average molecular weight is 449 g/mol. The zero-order chi connectivity index (χ0) is 21.8. The number of methoxy groups -OCH3 is 1. The van der Waals surface area contributed by atoms with Crippen molar-refractivity contribution < 1.29 is 28.3 Å². The number of nitrogens with one attached hydrogen (secondary N) is 1. The summed E-state index contributed by atoms with van der Waals surface area (Å²) in [6.07, 6.45) is 1.45. The molecule has 1 N–H and O–H groups in total. The number of carbonyl (C=O) groups excluding carboxylic acids is 4. The van der Waals surface area contributed by atoms with Gasteiger partial charge >= 0.3 is 5.97 Å². The first-order valence-corrected chi connectivity index (χ1v) is 9.66. The van der Waals surface area contributed by atoms with Crippen molar-refractivity contribution in [2.45, 2.75) is 0 Å². The van der Waals surface area contributed by atoms with E-state index in [0.717, 1.165) is 4.90 Å². The molecule has 2 aromatic rings. The minimum Gasteiger partial charge on any atom is -0.465 e. The number of ether oxygens (including phenoxy) is 1. The summed E-state index contributed by atoms with van der Waals surface area (Å²) in [6.45, 7) is -0.512. The molecular formula is C20H14ClFN2O5S. The minimum atomic E-state index is -0.673. The molecule has 0 atom stereocenters. The molecule has 1 heterocycles. The fraction of sp³-hybridized carbons (Fsp3) is 0.100. The highest BCUT2D eigenvalue weighted by atomic mass is 35.5. The molecule has 10 heteroatoms. The lowest BCUT2D eigenvalue weighted by molar-refractivity contribution is -0.127. The summed E-state index contributed by atoms with van der Waals surface area (Å²) in [5, 5.41) is 2.05. The van der Waals surface area contributed by atoms with Crippen LogP contribution >= 0.6 is 23.4 Å². The average Bonchev–Trinajstić information content (AvgIpc) is 2.98. The summed E-state index contributed by atoms with van der Waals surface area (Å²) in [6, 6.07) is 9.61. The van der Waals surface area contributed by atoms with Crippen LogP contribution in [0.4, 0.5) is 14.9 Å². The zero-order valence-electron chi connectivity index (χ0n) is 15.5. The standard InChI is InChI=1S/C20H14ClFN2O5S/c1-29-19(27)14-9-13(6-7-15(14)21)23-17(25)10-24-18(26)16(30-20(24)28)8-11-2-4-12(22)5-3-11/h2-9H,10H2,1H3,(H,23,25)/b16-8+. The van der Waals surface area contributed by atoms with E-state index in [2.05, 4.69) is 10.1 Å². The predicted octanol–water partition coefficient (Wildman–Crippen LogP) is 3.94. The molecule has 0 aromatic heterocycles. The number of carbonyl (C=O) groups is 4. The maximum atomic E-state index is 13.0. The van der Waals surface area contributed by atoms with Crippen molar-refractivity contribution in [3.8, 4) is 0 Å². The summed E-state index contributed by atoms with van der Waals surface area (Å²) in [4.78, 5) is 49.6. The normalized spacial score (nSPS) is 14.9. The number of imide groups is 1. The zero-order valence-corrected chi connectivity index (χ0v) is 17.1. The van der Waals surface area contributed by atoms with Gasteiger partial charge in [-0.15, -0.1) is 0 Å². The molecule has 3 rings (SSSR count). The van der Waals surface area contributed by atoms with Gasteiger partial charge in [-0.1, -0.05) is 23.7 Å². The Bertz CT molecular complexity index is 1070. The number of rotatable bonds is 5. The van der Waals surface area contributed by atoms with Gasteiger partial charge in [-0.2, -0.15) is 0 Å². The summed E-state index contributed by atoms with van der Waals surface area (Å²) in [7, 11) is 1.20. The second-order valence-electron chi connectivity index (χ2n) is 6.05. The van der Waals surface area contributed by atoms with E-state index in [9.17, 15) is 23.6 Å². The first-order chi connectivity index (χ1) is 14.3. The van der Waals surface area contributed by atoms with Gasteiger partial charge in [0.15, 0.2) is 0 Å². The lowest BCUT2D eigenvalue weighted by Gasteiger charge is -2.13. The number of benzene rings is 2. The van der Waals surface area contributed by atoms with Crippen LogP contribution in [0.2, 0.25) is 5.02 Å². The Kier molecular flexibility index (Phi) is 6.53. The van der Waals surface area contributed by atoms with E-state index >= 15 is 0 Å². The Morgan fingerprint density at radius 3 is 2.57 bits per heavy atom. The third kappa shape index (κ3) is 4.87. The molecule has 154 valence electrons. The Morgan fingerprint density at radius 1 is 1.20 bits per heavy atom. The summed E-state index contributed by atoms with van der Waals surface area (Å²) in [5.74, 6) is -2.36. The number of nitrogens with zero attached hydrogens (tertiary/aromatic N) is 1. The summed E-state index contributed by atoms with van der Waals surface area (Å²) in [5.41, 5.74) is 0.854. The first kappa shape index (κ1) is 21.5. The molecule has 0 aliphatic carbocycles. The van der Waals surface area contributed by atoms with E-state index in [0.29, 0.717) is 17.3 Å². The Balaban J connectivity index is 1.69. The van der Waals surface area contributed by atoms with E-state index < -0.39 is 35.4 Å². The van der Waals surface area contributed by atoms with Gasteiger partial charge in [-0.05, 0) is 53.7 Å². The van der Waals surface area contributed by atoms with Gasteiger partial charge < -0.3 is 10.1 Å². The van der Waals surface area contributed by atoms with Gasteiger partial charge in [-0.3, -0.25) is 19.3 Å². The van der Waals surface area contributed by atoms with Gasteiger partial charge in [0, 0.05) is 5.69 Å².